The zero-order valence-electron chi connectivity index (χ0n) is 21.7. The molecule has 8 aromatic rings. The lowest BCUT2D eigenvalue weighted by molar-refractivity contribution is 1.20. The van der Waals surface area contributed by atoms with Crippen LogP contribution in [0.2, 0.25) is 0 Å². The molecule has 0 fully saturated rings. The van der Waals surface area contributed by atoms with Crippen LogP contribution in [0.4, 0.5) is 17.2 Å². The van der Waals surface area contributed by atoms with E-state index in [0.29, 0.717) is 0 Å². The molecule has 188 valence electrons. The van der Waals surface area contributed by atoms with Crippen LogP contribution in [-0.2, 0) is 0 Å². The fourth-order valence-corrected chi connectivity index (χ4v) is 6.83. The lowest BCUT2D eigenvalue weighted by Gasteiger charge is -2.25. The van der Waals surface area contributed by atoms with Crippen LogP contribution in [0.5, 0.6) is 0 Å². The van der Waals surface area contributed by atoms with Crippen molar-refractivity contribution in [3.05, 3.63) is 146 Å². The molecule has 0 aliphatic rings. The number of rotatable bonds is 4. The second-order valence-electron chi connectivity index (χ2n) is 10.1. The van der Waals surface area contributed by atoms with Crippen molar-refractivity contribution < 1.29 is 0 Å². The third-order valence-corrected chi connectivity index (χ3v) is 8.83. The second-order valence-corrected chi connectivity index (χ2v) is 11.2. The molecule has 6 aromatic carbocycles. The Balaban J connectivity index is 1.31. The molecule has 3 heteroatoms. The van der Waals surface area contributed by atoms with Gasteiger partial charge in [-0.05, 0) is 69.1 Å². The zero-order chi connectivity index (χ0) is 26.5. The van der Waals surface area contributed by atoms with Crippen LogP contribution in [-0.4, -0.2) is 4.98 Å². The molecule has 40 heavy (non-hydrogen) atoms. The summed E-state index contributed by atoms with van der Waals surface area (Å²) >= 11 is 1.82. The minimum absolute atomic E-state index is 0.909. The van der Waals surface area contributed by atoms with E-state index in [9.17, 15) is 0 Å². The quantitative estimate of drug-likeness (QED) is 0.211. The standard InChI is InChI=1S/C37H24N2S/c1-2-8-25(9-3-1)26-16-18-29(19-17-26)39(37-23-36-34(24-38-37)33-12-6-7-13-35(33)40-36)30-20-21-32-28(22-30)15-14-27-10-4-5-11-31(27)32/h1-24H. The maximum Gasteiger partial charge on any atom is 0.138 e. The zero-order valence-corrected chi connectivity index (χ0v) is 22.5. The van der Waals surface area contributed by atoms with Crippen LogP contribution >= 0.6 is 11.3 Å². The van der Waals surface area contributed by atoms with E-state index in [1.165, 1.54) is 52.8 Å². The van der Waals surface area contributed by atoms with E-state index in [-0.39, 0.29) is 0 Å². The fourth-order valence-electron chi connectivity index (χ4n) is 5.72. The van der Waals surface area contributed by atoms with Crippen LogP contribution in [0.1, 0.15) is 0 Å². The van der Waals surface area contributed by atoms with Gasteiger partial charge in [-0.2, -0.15) is 0 Å². The highest BCUT2D eigenvalue weighted by atomic mass is 32.1. The summed E-state index contributed by atoms with van der Waals surface area (Å²) < 4.78 is 2.52. The molecule has 0 saturated heterocycles. The topological polar surface area (TPSA) is 16.1 Å². The number of hydrogen-bond donors (Lipinski definition) is 0. The first-order valence-corrected chi connectivity index (χ1v) is 14.3. The van der Waals surface area contributed by atoms with E-state index < -0.39 is 0 Å². The summed E-state index contributed by atoms with van der Waals surface area (Å²) in [6.45, 7) is 0. The predicted octanol–water partition coefficient (Wildman–Crippen LogP) is 10.9. The lowest BCUT2D eigenvalue weighted by Crippen LogP contribution is -2.11. The summed E-state index contributed by atoms with van der Waals surface area (Å²) in [5.74, 6) is 0.909. The van der Waals surface area contributed by atoms with E-state index in [0.717, 1.165) is 17.2 Å². The smallest absolute Gasteiger partial charge is 0.138 e. The Bertz CT molecular complexity index is 2160. The molecule has 0 spiro atoms. The van der Waals surface area contributed by atoms with Gasteiger partial charge in [-0.25, -0.2) is 4.98 Å². The molecule has 2 heterocycles. The van der Waals surface area contributed by atoms with Crippen molar-refractivity contribution in [1.29, 1.82) is 0 Å². The first-order valence-electron chi connectivity index (χ1n) is 13.5. The Kier molecular flexibility index (Phi) is 5.35. The van der Waals surface area contributed by atoms with Gasteiger partial charge in [0.25, 0.3) is 0 Å². The van der Waals surface area contributed by atoms with Crippen LogP contribution in [0.3, 0.4) is 0 Å². The highest BCUT2D eigenvalue weighted by molar-refractivity contribution is 7.25. The summed E-state index contributed by atoms with van der Waals surface area (Å²) in [6, 6.07) is 49.9. The van der Waals surface area contributed by atoms with Gasteiger partial charge in [0.05, 0.1) is 0 Å². The number of nitrogens with zero attached hydrogens (tertiary/aromatic N) is 2. The van der Waals surface area contributed by atoms with Crippen molar-refractivity contribution in [3.63, 3.8) is 0 Å². The third kappa shape index (κ3) is 3.83. The largest absolute Gasteiger partial charge is 0.295 e. The van der Waals surface area contributed by atoms with Gasteiger partial charge in [0, 0.05) is 37.7 Å². The summed E-state index contributed by atoms with van der Waals surface area (Å²) in [4.78, 5) is 7.30. The maximum atomic E-state index is 5.03. The number of thiophene rings is 1. The lowest BCUT2D eigenvalue weighted by atomic mass is 10.0. The molecule has 0 amide bonds. The number of hydrogen-bond acceptors (Lipinski definition) is 3. The molecule has 2 aromatic heterocycles. The van der Waals surface area contributed by atoms with Crippen molar-refractivity contribution in [1.82, 2.24) is 4.98 Å². The molecule has 0 radical (unpaired) electrons. The molecule has 0 saturated carbocycles. The number of anilines is 3. The molecule has 0 bridgehead atoms. The van der Waals surface area contributed by atoms with Crippen LogP contribution in [0.15, 0.2) is 146 Å². The van der Waals surface area contributed by atoms with Crippen molar-refractivity contribution in [3.8, 4) is 11.1 Å². The molecular weight excluding hydrogens is 504 g/mol. The van der Waals surface area contributed by atoms with Gasteiger partial charge in [0.1, 0.15) is 5.82 Å². The van der Waals surface area contributed by atoms with Gasteiger partial charge in [-0.1, -0.05) is 103 Å². The molecule has 0 aliphatic heterocycles. The first-order chi connectivity index (χ1) is 19.8. The Morgan fingerprint density at radius 1 is 0.450 bits per heavy atom. The molecule has 0 aliphatic carbocycles. The number of aromatic nitrogens is 1. The average molecular weight is 529 g/mol. The van der Waals surface area contributed by atoms with Crippen LogP contribution in [0, 0.1) is 0 Å². The van der Waals surface area contributed by atoms with Crippen molar-refractivity contribution >= 4 is 70.2 Å². The Morgan fingerprint density at radius 2 is 1.12 bits per heavy atom. The molecule has 0 N–H and O–H groups in total. The van der Waals surface area contributed by atoms with Gasteiger partial charge in [0.15, 0.2) is 0 Å². The van der Waals surface area contributed by atoms with Gasteiger partial charge < -0.3 is 0 Å². The van der Waals surface area contributed by atoms with Crippen molar-refractivity contribution in [2.75, 3.05) is 4.90 Å². The third-order valence-electron chi connectivity index (χ3n) is 7.70. The molecular formula is C37H24N2S. The summed E-state index contributed by atoms with van der Waals surface area (Å²) in [5.41, 5.74) is 4.57. The second kappa shape index (κ2) is 9.33. The average Bonchev–Trinajstić information content (AvgIpc) is 3.40. The van der Waals surface area contributed by atoms with E-state index in [1.807, 2.05) is 17.5 Å². The fraction of sp³-hybridized carbons (Fsp3) is 0. The molecule has 0 unspecified atom stereocenters. The Hall–Kier alpha value is -4.99. The Morgan fingerprint density at radius 3 is 2.00 bits per heavy atom. The van der Waals surface area contributed by atoms with Gasteiger partial charge >= 0.3 is 0 Å². The highest BCUT2D eigenvalue weighted by Crippen LogP contribution is 2.40. The van der Waals surface area contributed by atoms with Gasteiger partial charge in [0.2, 0.25) is 0 Å². The van der Waals surface area contributed by atoms with E-state index in [4.69, 9.17) is 4.98 Å². The van der Waals surface area contributed by atoms with Crippen LogP contribution < -0.4 is 4.90 Å². The van der Waals surface area contributed by atoms with Gasteiger partial charge in [-0.15, -0.1) is 11.3 Å². The summed E-state index contributed by atoms with van der Waals surface area (Å²) in [6.07, 6.45) is 2.03. The Labute approximate surface area is 236 Å². The van der Waals surface area contributed by atoms with Gasteiger partial charge in [-0.3, -0.25) is 4.90 Å². The van der Waals surface area contributed by atoms with E-state index in [1.54, 1.807) is 0 Å². The van der Waals surface area contributed by atoms with Crippen LogP contribution in [0.25, 0.3) is 52.8 Å². The number of fused-ring (bicyclic) bond motifs is 6. The predicted molar refractivity (Wildman–Crippen MR) is 172 cm³/mol. The molecule has 0 atom stereocenters. The minimum atomic E-state index is 0.909. The normalized spacial score (nSPS) is 11.5. The number of benzene rings is 6. The van der Waals surface area contributed by atoms with E-state index >= 15 is 0 Å². The molecule has 8 rings (SSSR count). The SMILES string of the molecule is c1ccc(-c2ccc(N(c3ccc4c(ccc5ccccc54)c3)c3cc4sc5ccccc5c4cn3)cc2)cc1. The molecule has 2 nitrogen and oxygen atoms in total. The highest BCUT2D eigenvalue weighted by Gasteiger charge is 2.17. The minimum Gasteiger partial charge on any atom is -0.295 e. The maximum absolute atomic E-state index is 5.03. The van der Waals surface area contributed by atoms with E-state index in [2.05, 4.69) is 144 Å². The number of pyridine rings is 1. The van der Waals surface area contributed by atoms with Crippen molar-refractivity contribution in [2.45, 2.75) is 0 Å². The summed E-state index contributed by atoms with van der Waals surface area (Å²) in [5, 5.41) is 7.47. The first kappa shape index (κ1) is 22.9. The monoisotopic (exact) mass is 528 g/mol. The summed E-state index contributed by atoms with van der Waals surface area (Å²) in [7, 11) is 0. The van der Waals surface area contributed by atoms with Crippen molar-refractivity contribution in [2.24, 2.45) is 0 Å².